The summed E-state index contributed by atoms with van der Waals surface area (Å²) < 4.78 is 5.40. The Bertz CT molecular complexity index is 573. The second-order valence-electron chi connectivity index (χ2n) is 3.95. The van der Waals surface area contributed by atoms with Gasteiger partial charge in [0.25, 0.3) is 0 Å². The Kier molecular flexibility index (Phi) is 2.66. The average molecular weight is 218 g/mol. The highest BCUT2D eigenvalue weighted by atomic mass is 16.3. The van der Waals surface area contributed by atoms with Crippen molar-refractivity contribution in [2.45, 2.75) is 19.4 Å². The normalized spacial score (nSPS) is 12.9. The topological polar surface area (TPSA) is 82.2 Å². The molecule has 1 heterocycles. The van der Waals surface area contributed by atoms with Crippen LogP contribution in [0.2, 0.25) is 0 Å². The van der Waals surface area contributed by atoms with Gasteiger partial charge in [-0.25, -0.2) is 0 Å². The van der Waals surface area contributed by atoms with E-state index < -0.39 is 0 Å². The summed E-state index contributed by atoms with van der Waals surface area (Å²) in [6.45, 7) is 1.83. The number of anilines is 1. The SMILES string of the molecule is CC(N)Cc1c(N)oc2ccccc2c1=O. The molecule has 2 aromatic rings. The molecule has 16 heavy (non-hydrogen) atoms. The first-order valence-electron chi connectivity index (χ1n) is 5.15. The number of nitrogens with two attached hydrogens (primary N) is 2. The number of benzene rings is 1. The molecular weight excluding hydrogens is 204 g/mol. The molecular formula is C12H14N2O2. The Balaban J connectivity index is 2.71. The van der Waals surface area contributed by atoms with Crippen LogP contribution in [0.4, 0.5) is 5.88 Å². The molecule has 4 nitrogen and oxygen atoms in total. The van der Waals surface area contributed by atoms with Crippen LogP contribution in [0.5, 0.6) is 0 Å². The van der Waals surface area contributed by atoms with Crippen molar-refractivity contribution >= 4 is 16.9 Å². The van der Waals surface area contributed by atoms with Crippen LogP contribution in [0.1, 0.15) is 12.5 Å². The molecule has 84 valence electrons. The monoisotopic (exact) mass is 218 g/mol. The van der Waals surface area contributed by atoms with Gasteiger partial charge >= 0.3 is 0 Å². The smallest absolute Gasteiger partial charge is 0.198 e. The maximum atomic E-state index is 12.1. The fraction of sp³-hybridized carbons (Fsp3) is 0.250. The van der Waals surface area contributed by atoms with Crippen LogP contribution in [0.25, 0.3) is 11.0 Å². The van der Waals surface area contributed by atoms with Crippen molar-refractivity contribution in [2.75, 3.05) is 5.73 Å². The van der Waals surface area contributed by atoms with Crippen molar-refractivity contribution in [3.63, 3.8) is 0 Å². The molecule has 0 saturated carbocycles. The van der Waals surface area contributed by atoms with E-state index in [-0.39, 0.29) is 17.4 Å². The van der Waals surface area contributed by atoms with Crippen LogP contribution >= 0.6 is 0 Å². The van der Waals surface area contributed by atoms with Crippen molar-refractivity contribution < 1.29 is 4.42 Å². The average Bonchev–Trinajstić information content (AvgIpc) is 2.24. The first kappa shape index (κ1) is 10.7. The second-order valence-corrected chi connectivity index (χ2v) is 3.95. The Hall–Kier alpha value is -1.81. The lowest BCUT2D eigenvalue weighted by Gasteiger charge is -2.08. The van der Waals surface area contributed by atoms with E-state index in [1.165, 1.54) is 0 Å². The van der Waals surface area contributed by atoms with Crippen LogP contribution in [0, 0.1) is 0 Å². The summed E-state index contributed by atoms with van der Waals surface area (Å²) in [6.07, 6.45) is 0.430. The van der Waals surface area contributed by atoms with Gasteiger partial charge in [-0.2, -0.15) is 0 Å². The van der Waals surface area contributed by atoms with Crippen molar-refractivity contribution in [1.82, 2.24) is 0 Å². The fourth-order valence-electron chi connectivity index (χ4n) is 1.71. The third-order valence-electron chi connectivity index (χ3n) is 2.45. The van der Waals surface area contributed by atoms with Crippen LogP contribution in [0.3, 0.4) is 0 Å². The molecule has 0 fully saturated rings. The van der Waals surface area contributed by atoms with Gasteiger partial charge in [-0.05, 0) is 25.5 Å². The molecule has 2 rings (SSSR count). The summed E-state index contributed by atoms with van der Waals surface area (Å²) in [7, 11) is 0. The number of hydrogen-bond acceptors (Lipinski definition) is 4. The molecule has 0 radical (unpaired) electrons. The van der Waals surface area contributed by atoms with E-state index in [0.717, 1.165) is 0 Å². The molecule has 0 saturated heterocycles. The number of para-hydroxylation sites is 1. The first-order chi connectivity index (χ1) is 7.59. The maximum Gasteiger partial charge on any atom is 0.198 e. The predicted octanol–water partition coefficient (Wildman–Crippen LogP) is 1.26. The minimum absolute atomic E-state index is 0.0864. The van der Waals surface area contributed by atoms with Crippen molar-refractivity contribution in [3.05, 3.63) is 40.1 Å². The highest BCUT2D eigenvalue weighted by Crippen LogP contribution is 2.17. The van der Waals surface area contributed by atoms with Crippen LogP contribution in [-0.2, 0) is 6.42 Å². The molecule has 0 aliphatic carbocycles. The number of rotatable bonds is 2. The van der Waals surface area contributed by atoms with E-state index in [0.29, 0.717) is 23.0 Å². The van der Waals surface area contributed by atoms with Crippen LogP contribution in [0.15, 0.2) is 33.5 Å². The summed E-state index contributed by atoms with van der Waals surface area (Å²) in [5, 5.41) is 0.548. The minimum atomic E-state index is -0.119. The molecule has 1 atom stereocenters. The largest absolute Gasteiger partial charge is 0.440 e. The van der Waals surface area contributed by atoms with Crippen molar-refractivity contribution in [3.8, 4) is 0 Å². The summed E-state index contributed by atoms with van der Waals surface area (Å²) in [4.78, 5) is 12.1. The third kappa shape index (κ3) is 1.79. The molecule has 1 aromatic heterocycles. The Labute approximate surface area is 92.9 Å². The van der Waals surface area contributed by atoms with E-state index in [1.807, 2.05) is 6.92 Å². The van der Waals surface area contributed by atoms with Gasteiger partial charge in [0, 0.05) is 6.04 Å². The second kappa shape index (κ2) is 3.98. The maximum absolute atomic E-state index is 12.1. The Morgan fingerprint density at radius 2 is 2.06 bits per heavy atom. The van der Waals surface area contributed by atoms with Gasteiger partial charge in [0.15, 0.2) is 11.3 Å². The Morgan fingerprint density at radius 3 is 2.75 bits per heavy atom. The lowest BCUT2D eigenvalue weighted by atomic mass is 10.1. The van der Waals surface area contributed by atoms with Gasteiger partial charge in [-0.3, -0.25) is 4.79 Å². The van der Waals surface area contributed by atoms with Gasteiger partial charge in [0.05, 0.1) is 10.9 Å². The molecule has 4 heteroatoms. The van der Waals surface area contributed by atoms with Crippen LogP contribution in [-0.4, -0.2) is 6.04 Å². The summed E-state index contributed by atoms with van der Waals surface area (Å²) in [5.41, 5.74) is 12.3. The molecule has 0 amide bonds. The molecule has 0 spiro atoms. The highest BCUT2D eigenvalue weighted by molar-refractivity contribution is 5.78. The van der Waals surface area contributed by atoms with E-state index >= 15 is 0 Å². The zero-order valence-corrected chi connectivity index (χ0v) is 9.07. The molecule has 1 aromatic carbocycles. The lowest BCUT2D eigenvalue weighted by molar-refractivity contribution is 0.607. The standard InChI is InChI=1S/C12H14N2O2/c1-7(13)6-9-11(15)8-4-2-3-5-10(8)16-12(9)14/h2-5,7H,6,13-14H2,1H3. The highest BCUT2D eigenvalue weighted by Gasteiger charge is 2.12. The van der Waals surface area contributed by atoms with Gasteiger partial charge < -0.3 is 15.9 Å². The zero-order valence-electron chi connectivity index (χ0n) is 9.07. The van der Waals surface area contributed by atoms with Gasteiger partial charge in [-0.1, -0.05) is 12.1 Å². The van der Waals surface area contributed by atoms with E-state index in [1.54, 1.807) is 24.3 Å². The summed E-state index contributed by atoms with van der Waals surface area (Å²) in [6, 6.07) is 6.93. The van der Waals surface area contributed by atoms with Crippen LogP contribution < -0.4 is 16.9 Å². The molecule has 4 N–H and O–H groups in total. The third-order valence-corrected chi connectivity index (χ3v) is 2.45. The van der Waals surface area contributed by atoms with E-state index in [2.05, 4.69) is 0 Å². The van der Waals surface area contributed by atoms with Gasteiger partial charge in [-0.15, -0.1) is 0 Å². The van der Waals surface area contributed by atoms with Crippen molar-refractivity contribution in [1.29, 1.82) is 0 Å². The van der Waals surface area contributed by atoms with Gasteiger partial charge in [0.1, 0.15) is 5.58 Å². The Morgan fingerprint density at radius 1 is 1.38 bits per heavy atom. The molecule has 0 aliphatic rings. The minimum Gasteiger partial charge on any atom is -0.440 e. The summed E-state index contributed by atoms with van der Waals surface area (Å²) in [5.74, 6) is 0.168. The fourth-order valence-corrected chi connectivity index (χ4v) is 1.71. The molecule has 0 bridgehead atoms. The number of hydrogen-bond donors (Lipinski definition) is 2. The van der Waals surface area contributed by atoms with E-state index in [4.69, 9.17) is 15.9 Å². The molecule has 0 aliphatic heterocycles. The predicted molar refractivity (Wildman–Crippen MR) is 64.2 cm³/mol. The van der Waals surface area contributed by atoms with Gasteiger partial charge in [0.2, 0.25) is 0 Å². The lowest BCUT2D eigenvalue weighted by Crippen LogP contribution is -2.23. The zero-order chi connectivity index (χ0) is 11.7. The van der Waals surface area contributed by atoms with Crippen molar-refractivity contribution in [2.24, 2.45) is 5.73 Å². The number of nitrogen functional groups attached to an aromatic ring is 1. The number of fused-ring (bicyclic) bond motifs is 1. The quantitative estimate of drug-likeness (QED) is 0.795. The molecule has 1 unspecified atom stereocenters. The summed E-state index contributed by atoms with van der Waals surface area (Å²) >= 11 is 0. The van der Waals surface area contributed by atoms with E-state index in [9.17, 15) is 4.79 Å². The first-order valence-corrected chi connectivity index (χ1v) is 5.15.